The SMILES string of the molecule is CC(C)(C)c1cc(OCC(F)(F)F)cc2c(Cl)cc(-c3nnc(NCC4OCCO4)o3)nc12. The van der Waals surface area contributed by atoms with Gasteiger partial charge in [-0.2, -0.15) is 13.2 Å². The standard InChI is InChI=1S/C21H22ClF3N4O4/c1-20(2,3)13-7-11(32-10-21(23,24)25)6-12-14(22)8-15(27-17(12)13)18-28-29-19(33-18)26-9-16-30-4-5-31-16/h6-8,16H,4-5,9-10H2,1-3H3,(H,26,29). The first-order chi connectivity index (χ1) is 15.5. The molecule has 0 amide bonds. The Morgan fingerprint density at radius 1 is 1.12 bits per heavy atom. The summed E-state index contributed by atoms with van der Waals surface area (Å²) in [5.41, 5.74) is 1.03. The molecule has 1 aromatic carbocycles. The molecule has 33 heavy (non-hydrogen) atoms. The monoisotopic (exact) mass is 486 g/mol. The van der Waals surface area contributed by atoms with Gasteiger partial charge in [-0.1, -0.05) is 37.5 Å². The number of ether oxygens (including phenoxy) is 3. The number of benzene rings is 1. The summed E-state index contributed by atoms with van der Waals surface area (Å²) >= 11 is 6.49. The van der Waals surface area contributed by atoms with Crippen molar-refractivity contribution in [3.05, 3.63) is 28.8 Å². The first kappa shape index (κ1) is 23.5. The predicted molar refractivity (Wildman–Crippen MR) is 114 cm³/mol. The molecular formula is C21H22ClF3N4O4. The van der Waals surface area contributed by atoms with E-state index in [0.717, 1.165) is 0 Å². The topological polar surface area (TPSA) is 91.5 Å². The average molecular weight is 487 g/mol. The van der Waals surface area contributed by atoms with Crippen molar-refractivity contribution in [3.63, 3.8) is 0 Å². The van der Waals surface area contributed by atoms with Crippen LogP contribution in [0.2, 0.25) is 5.02 Å². The Labute approximate surface area is 192 Å². The van der Waals surface area contributed by atoms with Crippen LogP contribution in [0.4, 0.5) is 19.2 Å². The van der Waals surface area contributed by atoms with Gasteiger partial charge < -0.3 is 23.9 Å². The molecule has 4 rings (SSSR count). The molecule has 3 aromatic rings. The van der Waals surface area contributed by atoms with E-state index in [0.29, 0.717) is 41.9 Å². The second-order valence-corrected chi connectivity index (χ2v) is 8.88. The molecule has 0 spiro atoms. The van der Waals surface area contributed by atoms with Crippen LogP contribution in [0.1, 0.15) is 26.3 Å². The Morgan fingerprint density at radius 2 is 1.85 bits per heavy atom. The molecule has 1 aliphatic rings. The molecule has 1 fully saturated rings. The van der Waals surface area contributed by atoms with Gasteiger partial charge in [0.15, 0.2) is 12.9 Å². The van der Waals surface area contributed by atoms with Crippen molar-refractivity contribution >= 4 is 28.5 Å². The summed E-state index contributed by atoms with van der Waals surface area (Å²) in [5, 5.41) is 11.6. The fraction of sp³-hybridized carbons (Fsp3) is 0.476. The highest BCUT2D eigenvalue weighted by molar-refractivity contribution is 6.35. The molecule has 0 saturated carbocycles. The molecule has 0 aliphatic carbocycles. The lowest BCUT2D eigenvalue weighted by molar-refractivity contribution is -0.153. The molecule has 0 radical (unpaired) electrons. The Morgan fingerprint density at radius 3 is 2.52 bits per heavy atom. The third kappa shape index (κ3) is 5.66. The highest BCUT2D eigenvalue weighted by Crippen LogP contribution is 2.38. The normalized spacial score (nSPS) is 15.4. The maximum absolute atomic E-state index is 12.6. The van der Waals surface area contributed by atoms with Crippen molar-refractivity contribution in [2.45, 2.75) is 38.7 Å². The van der Waals surface area contributed by atoms with Crippen molar-refractivity contribution in [3.8, 4) is 17.3 Å². The van der Waals surface area contributed by atoms with Gasteiger partial charge >= 0.3 is 12.2 Å². The van der Waals surface area contributed by atoms with Crippen molar-refractivity contribution < 1.29 is 31.8 Å². The number of nitrogens with one attached hydrogen (secondary N) is 1. The zero-order chi connectivity index (χ0) is 23.8. The quantitative estimate of drug-likeness (QED) is 0.522. The van der Waals surface area contributed by atoms with Gasteiger partial charge in [-0.05, 0) is 29.2 Å². The lowest BCUT2D eigenvalue weighted by Crippen LogP contribution is -2.20. The summed E-state index contributed by atoms with van der Waals surface area (Å²) in [5.74, 6) is 0.189. The number of aromatic nitrogens is 3. The molecule has 1 aliphatic heterocycles. The highest BCUT2D eigenvalue weighted by atomic mass is 35.5. The van der Waals surface area contributed by atoms with Gasteiger partial charge in [-0.3, -0.25) is 0 Å². The van der Waals surface area contributed by atoms with E-state index in [9.17, 15) is 13.2 Å². The first-order valence-electron chi connectivity index (χ1n) is 10.1. The Bertz CT molecular complexity index is 1140. The highest BCUT2D eigenvalue weighted by Gasteiger charge is 2.29. The summed E-state index contributed by atoms with van der Waals surface area (Å²) in [6, 6.07) is 4.67. The van der Waals surface area contributed by atoms with Crippen LogP contribution in [0.5, 0.6) is 5.75 Å². The summed E-state index contributed by atoms with van der Waals surface area (Å²) in [4.78, 5) is 4.64. The van der Waals surface area contributed by atoms with Gasteiger partial charge in [0.05, 0.1) is 30.3 Å². The fourth-order valence-electron chi connectivity index (χ4n) is 3.28. The third-order valence-corrected chi connectivity index (χ3v) is 5.11. The van der Waals surface area contributed by atoms with Crippen LogP contribution in [0.3, 0.4) is 0 Å². The molecule has 3 heterocycles. The number of halogens is 4. The minimum Gasteiger partial charge on any atom is -0.484 e. The van der Waals surface area contributed by atoms with E-state index in [1.165, 1.54) is 12.1 Å². The van der Waals surface area contributed by atoms with Gasteiger partial charge in [0.25, 0.3) is 5.89 Å². The van der Waals surface area contributed by atoms with E-state index in [1.54, 1.807) is 6.07 Å². The molecule has 1 saturated heterocycles. The van der Waals surface area contributed by atoms with Gasteiger partial charge in [0.1, 0.15) is 11.4 Å². The summed E-state index contributed by atoms with van der Waals surface area (Å²) in [6.45, 7) is 5.74. The van der Waals surface area contributed by atoms with Crippen molar-refractivity contribution in [1.29, 1.82) is 0 Å². The lowest BCUT2D eigenvalue weighted by Gasteiger charge is -2.22. The summed E-state index contributed by atoms with van der Waals surface area (Å²) in [6.07, 6.45) is -4.85. The molecular weight excluding hydrogens is 465 g/mol. The largest absolute Gasteiger partial charge is 0.484 e. The van der Waals surface area contributed by atoms with Gasteiger partial charge in [0.2, 0.25) is 0 Å². The Balaban J connectivity index is 1.67. The fourth-order valence-corrected chi connectivity index (χ4v) is 3.53. The van der Waals surface area contributed by atoms with Gasteiger partial charge in [-0.25, -0.2) is 4.98 Å². The molecule has 0 unspecified atom stereocenters. The Hall–Kier alpha value is -2.63. The van der Waals surface area contributed by atoms with Crippen LogP contribution >= 0.6 is 11.6 Å². The number of hydrogen-bond acceptors (Lipinski definition) is 8. The molecule has 0 atom stereocenters. The minimum atomic E-state index is -4.46. The molecule has 1 N–H and O–H groups in total. The smallest absolute Gasteiger partial charge is 0.422 e. The zero-order valence-corrected chi connectivity index (χ0v) is 18.9. The molecule has 8 nitrogen and oxygen atoms in total. The van der Waals surface area contributed by atoms with Crippen molar-refractivity contribution in [1.82, 2.24) is 15.2 Å². The summed E-state index contributed by atoms with van der Waals surface area (Å²) < 4.78 is 59.3. The van der Waals surface area contributed by atoms with E-state index < -0.39 is 24.5 Å². The molecule has 178 valence electrons. The van der Waals surface area contributed by atoms with Gasteiger partial charge in [0, 0.05) is 5.39 Å². The van der Waals surface area contributed by atoms with Crippen LogP contribution in [-0.2, 0) is 14.9 Å². The second kappa shape index (κ2) is 8.96. The average Bonchev–Trinajstić information content (AvgIpc) is 3.41. The minimum absolute atomic E-state index is 0.0572. The summed E-state index contributed by atoms with van der Waals surface area (Å²) in [7, 11) is 0. The maximum atomic E-state index is 12.6. The van der Waals surface area contributed by atoms with Crippen LogP contribution in [0, 0.1) is 0 Å². The Kier molecular flexibility index (Phi) is 6.39. The van der Waals surface area contributed by atoms with E-state index >= 15 is 0 Å². The van der Waals surface area contributed by atoms with Gasteiger partial charge in [-0.15, -0.1) is 5.10 Å². The molecule has 12 heteroatoms. The number of rotatable bonds is 6. The molecule has 2 aromatic heterocycles. The number of hydrogen-bond donors (Lipinski definition) is 1. The van der Waals surface area contributed by atoms with Crippen LogP contribution in [0.15, 0.2) is 22.6 Å². The van der Waals surface area contributed by atoms with E-state index in [2.05, 4.69) is 20.5 Å². The maximum Gasteiger partial charge on any atom is 0.422 e. The zero-order valence-electron chi connectivity index (χ0n) is 18.1. The number of nitrogens with zero attached hydrogens (tertiary/aromatic N) is 3. The van der Waals surface area contributed by atoms with Crippen LogP contribution < -0.4 is 10.1 Å². The second-order valence-electron chi connectivity index (χ2n) is 8.47. The van der Waals surface area contributed by atoms with E-state index in [1.807, 2.05) is 20.8 Å². The lowest BCUT2D eigenvalue weighted by atomic mass is 9.85. The van der Waals surface area contributed by atoms with E-state index in [4.69, 9.17) is 30.2 Å². The molecule has 0 bridgehead atoms. The van der Waals surface area contributed by atoms with Crippen LogP contribution in [0.25, 0.3) is 22.5 Å². The van der Waals surface area contributed by atoms with Crippen molar-refractivity contribution in [2.75, 3.05) is 31.7 Å². The predicted octanol–water partition coefficient (Wildman–Crippen LogP) is 4.96. The number of alkyl halides is 3. The van der Waals surface area contributed by atoms with E-state index in [-0.39, 0.29) is 22.7 Å². The van der Waals surface area contributed by atoms with Crippen molar-refractivity contribution in [2.24, 2.45) is 0 Å². The number of anilines is 1. The third-order valence-electron chi connectivity index (χ3n) is 4.80. The van der Waals surface area contributed by atoms with Crippen LogP contribution in [-0.4, -0.2) is 54.0 Å². The first-order valence-corrected chi connectivity index (χ1v) is 10.5. The number of pyridine rings is 1. The number of fused-ring (bicyclic) bond motifs is 1.